The minimum absolute atomic E-state index is 0.699. The van der Waals surface area contributed by atoms with E-state index < -0.39 is 0 Å². The van der Waals surface area contributed by atoms with Crippen molar-refractivity contribution in [3.05, 3.63) is 105 Å². The lowest BCUT2D eigenvalue weighted by atomic mass is 10.1. The van der Waals surface area contributed by atoms with Crippen LogP contribution in [0.1, 0.15) is 11.3 Å². The lowest BCUT2D eigenvalue weighted by Crippen LogP contribution is -1.98. The predicted octanol–water partition coefficient (Wildman–Crippen LogP) is 7.25. The summed E-state index contributed by atoms with van der Waals surface area (Å²) in [5, 5.41) is 12.2. The van der Waals surface area contributed by atoms with Crippen LogP contribution in [0.4, 0.5) is 0 Å². The fourth-order valence-corrected chi connectivity index (χ4v) is 3.86. The van der Waals surface area contributed by atoms with Crippen LogP contribution in [0.25, 0.3) is 23.0 Å². The van der Waals surface area contributed by atoms with Crippen LogP contribution in [0, 0.1) is 0 Å². The van der Waals surface area contributed by atoms with E-state index in [-0.39, 0.29) is 0 Å². The zero-order valence-corrected chi connectivity index (χ0v) is 18.5. The molecule has 0 aliphatic carbocycles. The zero-order chi connectivity index (χ0) is 20.1. The van der Waals surface area contributed by atoms with Crippen molar-refractivity contribution in [1.29, 1.82) is 0 Å². The van der Waals surface area contributed by atoms with E-state index in [1.807, 2.05) is 60.7 Å². The number of benzene rings is 3. The first-order chi connectivity index (χ1) is 14.2. The minimum atomic E-state index is 0.699. The van der Waals surface area contributed by atoms with Crippen LogP contribution < -0.4 is 0 Å². The Morgan fingerprint density at radius 3 is 2.34 bits per heavy atom. The molecule has 6 heteroatoms. The van der Waals surface area contributed by atoms with Gasteiger partial charge in [0.15, 0.2) is 0 Å². The first-order valence-electron chi connectivity index (χ1n) is 9.00. The number of halogens is 2. The van der Waals surface area contributed by atoms with Crippen molar-refractivity contribution < 1.29 is 0 Å². The van der Waals surface area contributed by atoms with Gasteiger partial charge in [0.2, 0.25) is 0 Å². The van der Waals surface area contributed by atoms with Crippen molar-refractivity contribution in [3.8, 4) is 16.9 Å². The molecule has 144 valence electrons. The molecule has 0 radical (unpaired) electrons. The highest BCUT2D eigenvalue weighted by Crippen LogP contribution is 2.26. The maximum Gasteiger partial charge on any atom is 0.120 e. The number of nitrogens with zero attached hydrogens (tertiary/aromatic N) is 3. The number of aromatic nitrogens is 3. The van der Waals surface area contributed by atoms with Crippen LogP contribution in [0.15, 0.2) is 88.7 Å². The molecule has 0 unspecified atom stereocenters. The molecule has 1 heterocycles. The molecule has 3 nitrogen and oxygen atoms in total. The molecule has 0 saturated carbocycles. The van der Waals surface area contributed by atoms with E-state index in [9.17, 15) is 0 Å². The Morgan fingerprint density at radius 2 is 1.62 bits per heavy atom. The molecule has 0 bridgehead atoms. The summed E-state index contributed by atoms with van der Waals surface area (Å²) in [5.74, 6) is 0.911. The third kappa shape index (κ3) is 5.18. The van der Waals surface area contributed by atoms with E-state index in [0.717, 1.165) is 32.9 Å². The molecule has 0 fully saturated rings. The van der Waals surface area contributed by atoms with E-state index in [1.165, 1.54) is 5.56 Å². The molecule has 4 aromatic rings. The highest BCUT2D eigenvalue weighted by Gasteiger charge is 2.12. The predicted molar refractivity (Wildman–Crippen MR) is 126 cm³/mol. The van der Waals surface area contributed by atoms with Crippen molar-refractivity contribution >= 4 is 45.4 Å². The number of hydrogen-bond donors (Lipinski definition) is 0. The first-order valence-corrected chi connectivity index (χ1v) is 11.2. The van der Waals surface area contributed by atoms with Gasteiger partial charge in [-0.25, -0.2) is 0 Å². The lowest BCUT2D eigenvalue weighted by Gasteiger charge is -1.99. The third-order valence-corrected chi connectivity index (χ3v) is 5.84. The van der Waals surface area contributed by atoms with Crippen LogP contribution >= 0.6 is 39.3 Å². The standard InChI is InChI=1S/C23H17BrClN3S/c24-19-8-12-21(13-9-19)28-26-22(14-15-29-16-17-4-2-1-3-5-17)23(27-28)18-6-10-20(25)11-7-18/h1-15H,16H2/b15-14+. The Hall–Kier alpha value is -2.34. The highest BCUT2D eigenvalue weighted by molar-refractivity contribution is 9.10. The molecule has 4 rings (SSSR count). The molecule has 29 heavy (non-hydrogen) atoms. The van der Waals surface area contributed by atoms with Crippen LogP contribution in [0.3, 0.4) is 0 Å². The molecule has 0 aliphatic rings. The Morgan fingerprint density at radius 1 is 0.897 bits per heavy atom. The van der Waals surface area contributed by atoms with Crippen molar-refractivity contribution in [2.75, 3.05) is 0 Å². The maximum absolute atomic E-state index is 6.05. The van der Waals surface area contributed by atoms with Crippen LogP contribution in [0.2, 0.25) is 5.02 Å². The quantitative estimate of drug-likeness (QED) is 0.290. The Labute approximate surface area is 187 Å². The van der Waals surface area contributed by atoms with Crippen LogP contribution in [0.5, 0.6) is 0 Å². The molecule has 0 N–H and O–H groups in total. The molecular formula is C23H17BrClN3S. The Kier molecular flexibility index (Phi) is 6.49. The van der Waals surface area contributed by atoms with Gasteiger partial charge in [-0.1, -0.05) is 70.0 Å². The summed E-state index contributed by atoms with van der Waals surface area (Å²) >= 11 is 11.2. The molecule has 0 spiro atoms. The van der Waals surface area contributed by atoms with Crippen molar-refractivity contribution in [2.24, 2.45) is 0 Å². The lowest BCUT2D eigenvalue weighted by molar-refractivity contribution is 0.752. The SMILES string of the molecule is Clc1ccc(-c2nn(-c3ccc(Br)cc3)nc2/C=C/SCc2ccccc2)cc1. The highest BCUT2D eigenvalue weighted by atomic mass is 79.9. The molecule has 0 saturated heterocycles. The molecule has 0 atom stereocenters. The van der Waals surface area contributed by atoms with E-state index in [1.54, 1.807) is 16.6 Å². The average molecular weight is 483 g/mol. The van der Waals surface area contributed by atoms with Crippen molar-refractivity contribution in [1.82, 2.24) is 15.0 Å². The van der Waals surface area contributed by atoms with Gasteiger partial charge >= 0.3 is 0 Å². The second-order valence-corrected chi connectivity index (χ2v) is 8.55. The fraction of sp³-hybridized carbons (Fsp3) is 0.0435. The van der Waals surface area contributed by atoms with E-state index in [2.05, 4.69) is 45.6 Å². The first kappa shape index (κ1) is 20.0. The summed E-state index contributed by atoms with van der Waals surface area (Å²) in [7, 11) is 0. The minimum Gasteiger partial charge on any atom is -0.150 e. The topological polar surface area (TPSA) is 30.7 Å². The molecule has 0 aliphatic heterocycles. The van der Waals surface area contributed by atoms with E-state index in [0.29, 0.717) is 5.02 Å². The summed E-state index contributed by atoms with van der Waals surface area (Å²) in [5.41, 5.74) is 4.81. The Balaban J connectivity index is 1.62. The van der Waals surface area contributed by atoms with Crippen LogP contribution in [-0.2, 0) is 5.75 Å². The second kappa shape index (κ2) is 9.44. The van der Waals surface area contributed by atoms with Crippen LogP contribution in [-0.4, -0.2) is 15.0 Å². The summed E-state index contributed by atoms with van der Waals surface area (Å²) in [6.45, 7) is 0. The van der Waals surface area contributed by atoms with Crippen molar-refractivity contribution in [3.63, 3.8) is 0 Å². The third-order valence-electron chi connectivity index (χ3n) is 4.23. The molecule has 0 amide bonds. The van der Waals surface area contributed by atoms with Gasteiger partial charge in [0.25, 0.3) is 0 Å². The van der Waals surface area contributed by atoms with Gasteiger partial charge in [-0.05, 0) is 53.4 Å². The van der Waals surface area contributed by atoms with Gasteiger partial charge in [0, 0.05) is 20.8 Å². The van der Waals surface area contributed by atoms with Gasteiger partial charge in [-0.15, -0.1) is 22.0 Å². The molecule has 3 aromatic carbocycles. The van der Waals surface area contributed by atoms with E-state index in [4.69, 9.17) is 21.8 Å². The van der Waals surface area contributed by atoms with Crippen molar-refractivity contribution in [2.45, 2.75) is 5.75 Å². The Bertz CT molecular complexity index is 1110. The number of thioether (sulfide) groups is 1. The summed E-state index contributed by atoms with van der Waals surface area (Å²) in [6, 6.07) is 26.0. The van der Waals surface area contributed by atoms with Gasteiger partial charge in [-0.2, -0.15) is 4.80 Å². The smallest absolute Gasteiger partial charge is 0.120 e. The van der Waals surface area contributed by atoms with Gasteiger partial charge < -0.3 is 0 Å². The van der Waals surface area contributed by atoms with Gasteiger partial charge in [-0.3, -0.25) is 0 Å². The largest absolute Gasteiger partial charge is 0.150 e. The normalized spacial score (nSPS) is 11.2. The summed E-state index contributed by atoms with van der Waals surface area (Å²) < 4.78 is 1.02. The zero-order valence-electron chi connectivity index (χ0n) is 15.4. The molecule has 1 aromatic heterocycles. The molecular weight excluding hydrogens is 466 g/mol. The maximum atomic E-state index is 6.05. The fourth-order valence-electron chi connectivity index (χ4n) is 2.76. The summed E-state index contributed by atoms with van der Waals surface area (Å²) in [6.07, 6.45) is 2.01. The summed E-state index contributed by atoms with van der Waals surface area (Å²) in [4.78, 5) is 1.66. The van der Waals surface area contributed by atoms with Gasteiger partial charge in [0.1, 0.15) is 11.4 Å². The average Bonchev–Trinajstić information content (AvgIpc) is 3.17. The van der Waals surface area contributed by atoms with E-state index >= 15 is 0 Å². The number of hydrogen-bond acceptors (Lipinski definition) is 3. The second-order valence-electron chi connectivity index (χ2n) is 6.31. The number of rotatable bonds is 6. The van der Waals surface area contributed by atoms with Gasteiger partial charge in [0.05, 0.1) is 5.69 Å². The monoisotopic (exact) mass is 481 g/mol.